The number of carboxylic acids is 1. The van der Waals surface area contributed by atoms with Crippen LogP contribution in [0.4, 0.5) is 13.2 Å². The van der Waals surface area contributed by atoms with Crippen molar-refractivity contribution in [1.82, 2.24) is 0 Å². The van der Waals surface area contributed by atoms with Gasteiger partial charge in [0.25, 0.3) is 0 Å². The fraction of sp³-hybridized carbons (Fsp3) is 0.364. The molecule has 1 aromatic carbocycles. The molecule has 2 unspecified atom stereocenters. The molecule has 106 valence electrons. The lowest BCUT2D eigenvalue weighted by molar-refractivity contribution is -0.141. The lowest BCUT2D eigenvalue weighted by Gasteiger charge is -2.18. The molecular formula is C11H11F3O5. The average Bonchev–Trinajstić information content (AvgIpc) is 2.25. The van der Waals surface area contributed by atoms with Gasteiger partial charge in [0.1, 0.15) is 11.9 Å². The van der Waals surface area contributed by atoms with Crippen LogP contribution in [0.25, 0.3) is 0 Å². The van der Waals surface area contributed by atoms with Crippen LogP contribution >= 0.6 is 0 Å². The summed E-state index contributed by atoms with van der Waals surface area (Å²) in [6.45, 7) is 0. The number of phenols is 1. The number of aromatic hydroxyl groups is 1. The molecule has 4 N–H and O–H groups in total. The van der Waals surface area contributed by atoms with Crippen LogP contribution < -0.4 is 0 Å². The molecule has 0 aliphatic carbocycles. The maximum atomic E-state index is 12.3. The minimum Gasteiger partial charge on any atom is -0.508 e. The third kappa shape index (κ3) is 3.83. The van der Waals surface area contributed by atoms with Crippen LogP contribution in [0.15, 0.2) is 18.2 Å². The number of rotatable bonds is 4. The molecule has 0 aliphatic heterocycles. The summed E-state index contributed by atoms with van der Waals surface area (Å²) in [5.41, 5.74) is -1.49. The number of hydrogen-bond acceptors (Lipinski definition) is 4. The number of carbonyl (C=O) groups is 1. The van der Waals surface area contributed by atoms with Crippen molar-refractivity contribution in [3.63, 3.8) is 0 Å². The summed E-state index contributed by atoms with van der Waals surface area (Å²) in [7, 11) is 0. The fourth-order valence-corrected chi connectivity index (χ4v) is 1.47. The van der Waals surface area contributed by atoms with E-state index in [1.807, 2.05) is 0 Å². The van der Waals surface area contributed by atoms with Crippen molar-refractivity contribution in [2.24, 2.45) is 0 Å². The van der Waals surface area contributed by atoms with E-state index in [0.717, 1.165) is 6.07 Å². The van der Waals surface area contributed by atoms with Crippen molar-refractivity contribution >= 4 is 5.97 Å². The van der Waals surface area contributed by atoms with Crippen LogP contribution in [0.3, 0.4) is 0 Å². The van der Waals surface area contributed by atoms with Crippen LogP contribution in [0.1, 0.15) is 23.7 Å². The minimum absolute atomic E-state index is 0.373. The first-order chi connectivity index (χ1) is 8.62. The molecule has 2 atom stereocenters. The summed E-state index contributed by atoms with van der Waals surface area (Å²) in [6.07, 6.45) is -8.99. The second kappa shape index (κ2) is 5.45. The fourth-order valence-electron chi connectivity index (χ4n) is 1.47. The third-order valence-electron chi connectivity index (χ3n) is 2.42. The Labute approximate surface area is 105 Å². The van der Waals surface area contributed by atoms with Gasteiger partial charge in [-0.1, -0.05) is 6.07 Å². The molecule has 0 saturated heterocycles. The van der Waals surface area contributed by atoms with Gasteiger partial charge in [-0.3, -0.25) is 4.79 Å². The van der Waals surface area contributed by atoms with Crippen LogP contribution in [-0.4, -0.2) is 32.5 Å². The number of aliphatic carboxylic acids is 1. The molecule has 0 heterocycles. The van der Waals surface area contributed by atoms with Crippen LogP contribution in [-0.2, 0) is 11.0 Å². The van der Waals surface area contributed by atoms with Gasteiger partial charge in [0.05, 0.1) is 18.1 Å². The molecule has 0 fully saturated rings. The summed E-state index contributed by atoms with van der Waals surface area (Å²) in [4.78, 5) is 10.3. The van der Waals surface area contributed by atoms with E-state index in [1.54, 1.807) is 0 Å². The Morgan fingerprint density at radius 1 is 1.26 bits per heavy atom. The normalized spacial score (nSPS) is 15.0. The average molecular weight is 280 g/mol. The zero-order valence-corrected chi connectivity index (χ0v) is 9.42. The number of aliphatic hydroxyl groups is 2. The van der Waals surface area contributed by atoms with Gasteiger partial charge < -0.3 is 20.4 Å². The number of alkyl halides is 3. The van der Waals surface area contributed by atoms with Gasteiger partial charge in [-0.25, -0.2) is 0 Å². The van der Waals surface area contributed by atoms with Crippen LogP contribution in [0.5, 0.6) is 5.75 Å². The molecule has 0 bridgehead atoms. The van der Waals surface area contributed by atoms with E-state index in [-0.39, 0.29) is 5.56 Å². The smallest absolute Gasteiger partial charge is 0.416 e. The number of carboxylic acid groups (broad SMARTS) is 1. The summed E-state index contributed by atoms with van der Waals surface area (Å²) in [6, 6.07) is 1.80. The van der Waals surface area contributed by atoms with Gasteiger partial charge in [0.2, 0.25) is 0 Å². The zero-order chi connectivity index (χ0) is 14.8. The topological polar surface area (TPSA) is 98.0 Å². The number of phenolic OH excluding ortho intramolecular Hbond substituents is 1. The van der Waals surface area contributed by atoms with Gasteiger partial charge in [0, 0.05) is 5.56 Å². The van der Waals surface area contributed by atoms with Crippen molar-refractivity contribution in [2.45, 2.75) is 24.8 Å². The number of halogens is 3. The number of aliphatic hydroxyl groups excluding tert-OH is 2. The molecule has 0 saturated carbocycles. The molecule has 0 radical (unpaired) electrons. The quantitative estimate of drug-likeness (QED) is 0.666. The van der Waals surface area contributed by atoms with Gasteiger partial charge in [0.15, 0.2) is 0 Å². The Bertz CT molecular complexity index is 472. The van der Waals surface area contributed by atoms with Gasteiger partial charge in [-0.2, -0.15) is 13.2 Å². The number of hydrogen-bond donors (Lipinski definition) is 4. The van der Waals surface area contributed by atoms with E-state index in [4.69, 9.17) is 5.11 Å². The summed E-state index contributed by atoms with van der Waals surface area (Å²) in [5.74, 6) is -2.26. The first-order valence-corrected chi connectivity index (χ1v) is 5.11. The first-order valence-electron chi connectivity index (χ1n) is 5.11. The summed E-state index contributed by atoms with van der Waals surface area (Å²) in [5, 5.41) is 36.7. The predicted octanol–water partition coefficient (Wildman–Crippen LogP) is 1.28. The molecule has 0 aliphatic rings. The Hall–Kier alpha value is -1.80. The predicted molar refractivity (Wildman–Crippen MR) is 56.3 cm³/mol. The molecular weight excluding hydrogens is 269 g/mol. The Kier molecular flexibility index (Phi) is 4.38. The summed E-state index contributed by atoms with van der Waals surface area (Å²) < 4.78 is 37.0. The summed E-state index contributed by atoms with van der Waals surface area (Å²) >= 11 is 0. The SMILES string of the molecule is O=C(O)CC(O)C(O)c1ccc(C(F)(F)F)cc1O. The van der Waals surface area contributed by atoms with Gasteiger partial charge in [-0.15, -0.1) is 0 Å². The van der Waals surface area contributed by atoms with Crippen molar-refractivity contribution in [3.05, 3.63) is 29.3 Å². The van der Waals surface area contributed by atoms with Crippen molar-refractivity contribution < 1.29 is 38.4 Å². The molecule has 0 amide bonds. The van der Waals surface area contributed by atoms with Gasteiger partial charge >= 0.3 is 12.1 Å². The molecule has 1 rings (SSSR count). The lowest BCUT2D eigenvalue weighted by atomic mass is 9.99. The first kappa shape index (κ1) is 15.3. The van der Waals surface area contributed by atoms with E-state index < -0.39 is 42.1 Å². The van der Waals surface area contributed by atoms with E-state index >= 15 is 0 Å². The molecule has 0 aromatic heterocycles. The molecule has 8 heteroatoms. The molecule has 0 spiro atoms. The Balaban J connectivity index is 2.99. The van der Waals surface area contributed by atoms with E-state index in [1.165, 1.54) is 0 Å². The molecule has 5 nitrogen and oxygen atoms in total. The standard InChI is InChI=1S/C11H11F3O5/c12-11(13,14)5-1-2-6(7(15)3-5)10(19)8(16)4-9(17)18/h1-3,8,10,15-16,19H,4H2,(H,17,18). The van der Waals surface area contributed by atoms with Crippen LogP contribution in [0.2, 0.25) is 0 Å². The second-order valence-electron chi connectivity index (χ2n) is 3.88. The maximum absolute atomic E-state index is 12.3. The lowest BCUT2D eigenvalue weighted by Crippen LogP contribution is -2.22. The van der Waals surface area contributed by atoms with E-state index in [9.17, 15) is 33.3 Å². The third-order valence-corrected chi connectivity index (χ3v) is 2.42. The molecule has 1 aromatic rings. The highest BCUT2D eigenvalue weighted by Gasteiger charge is 2.32. The van der Waals surface area contributed by atoms with Gasteiger partial charge in [-0.05, 0) is 12.1 Å². The van der Waals surface area contributed by atoms with E-state index in [0.29, 0.717) is 12.1 Å². The monoisotopic (exact) mass is 280 g/mol. The minimum atomic E-state index is -4.65. The number of benzene rings is 1. The highest BCUT2D eigenvalue weighted by atomic mass is 19.4. The zero-order valence-electron chi connectivity index (χ0n) is 9.42. The largest absolute Gasteiger partial charge is 0.508 e. The Morgan fingerprint density at radius 2 is 1.84 bits per heavy atom. The Morgan fingerprint density at radius 3 is 2.26 bits per heavy atom. The highest BCUT2D eigenvalue weighted by molar-refractivity contribution is 5.67. The highest BCUT2D eigenvalue weighted by Crippen LogP contribution is 2.35. The second-order valence-corrected chi connectivity index (χ2v) is 3.88. The van der Waals surface area contributed by atoms with Crippen molar-refractivity contribution in [1.29, 1.82) is 0 Å². The van der Waals surface area contributed by atoms with E-state index in [2.05, 4.69) is 0 Å². The van der Waals surface area contributed by atoms with Crippen LogP contribution in [0, 0.1) is 0 Å². The van der Waals surface area contributed by atoms with Crippen molar-refractivity contribution in [2.75, 3.05) is 0 Å². The maximum Gasteiger partial charge on any atom is 0.416 e. The molecule has 19 heavy (non-hydrogen) atoms. The van der Waals surface area contributed by atoms with Crippen molar-refractivity contribution in [3.8, 4) is 5.75 Å².